The molecule has 0 aliphatic rings. The van der Waals surface area contributed by atoms with Gasteiger partial charge in [-0.1, -0.05) is 32.9 Å². The first kappa shape index (κ1) is 11.8. The Morgan fingerprint density at radius 1 is 1.27 bits per heavy atom. The number of amides is 1. The summed E-state index contributed by atoms with van der Waals surface area (Å²) in [5, 5.41) is 2.90. The van der Waals surface area contributed by atoms with Gasteiger partial charge in [0.1, 0.15) is 0 Å². The number of carbonyl (C=O) groups is 1. The fourth-order valence-corrected chi connectivity index (χ4v) is 1.27. The van der Waals surface area contributed by atoms with Crippen molar-refractivity contribution in [1.82, 2.24) is 0 Å². The lowest BCUT2D eigenvalue weighted by molar-refractivity contribution is -0.119. The molecule has 0 aliphatic carbocycles. The van der Waals surface area contributed by atoms with Crippen LogP contribution in [0.4, 0.5) is 5.69 Å². The number of hydrogen-bond donors (Lipinski definition) is 1. The Labute approximate surface area is 91.7 Å². The van der Waals surface area contributed by atoms with E-state index < -0.39 is 0 Å². The third kappa shape index (κ3) is 3.39. The third-order valence-electron chi connectivity index (χ3n) is 2.69. The van der Waals surface area contributed by atoms with Crippen LogP contribution in [-0.2, 0) is 11.2 Å². The van der Waals surface area contributed by atoms with Crippen LogP contribution in [0.1, 0.15) is 32.8 Å². The highest BCUT2D eigenvalue weighted by Gasteiger charge is 2.09. The van der Waals surface area contributed by atoms with E-state index in [0.717, 1.165) is 18.5 Å². The lowest BCUT2D eigenvalue weighted by Crippen LogP contribution is -2.19. The van der Waals surface area contributed by atoms with Gasteiger partial charge in [0.2, 0.25) is 5.91 Å². The molecular formula is C13H19NO. The number of rotatable bonds is 4. The zero-order valence-electron chi connectivity index (χ0n) is 9.71. The molecule has 82 valence electrons. The van der Waals surface area contributed by atoms with Crippen molar-refractivity contribution in [1.29, 1.82) is 0 Å². The summed E-state index contributed by atoms with van der Waals surface area (Å²) in [4.78, 5) is 11.6. The summed E-state index contributed by atoms with van der Waals surface area (Å²) in [6, 6.07) is 8.01. The molecule has 0 aliphatic heterocycles. The maximum absolute atomic E-state index is 11.6. The van der Waals surface area contributed by atoms with E-state index in [1.807, 2.05) is 38.1 Å². The molecular weight excluding hydrogens is 186 g/mol. The van der Waals surface area contributed by atoms with Crippen molar-refractivity contribution in [2.75, 3.05) is 5.32 Å². The fraction of sp³-hybridized carbons (Fsp3) is 0.462. The van der Waals surface area contributed by atoms with Gasteiger partial charge in [0.05, 0.1) is 0 Å². The van der Waals surface area contributed by atoms with Crippen molar-refractivity contribution < 1.29 is 4.79 Å². The van der Waals surface area contributed by atoms with E-state index in [-0.39, 0.29) is 11.8 Å². The third-order valence-corrected chi connectivity index (χ3v) is 2.69. The van der Waals surface area contributed by atoms with Crippen molar-refractivity contribution in [3.63, 3.8) is 0 Å². The van der Waals surface area contributed by atoms with E-state index in [9.17, 15) is 4.79 Å². The Hall–Kier alpha value is -1.31. The first-order valence-corrected chi connectivity index (χ1v) is 5.57. The largest absolute Gasteiger partial charge is 0.326 e. The number of carbonyl (C=O) groups excluding carboxylic acids is 1. The maximum Gasteiger partial charge on any atom is 0.227 e. The van der Waals surface area contributed by atoms with Crippen molar-refractivity contribution in [2.24, 2.45) is 5.92 Å². The molecule has 0 saturated carbocycles. The van der Waals surface area contributed by atoms with Gasteiger partial charge in [-0.15, -0.1) is 0 Å². The summed E-state index contributed by atoms with van der Waals surface area (Å²) in [6.07, 6.45) is 1.90. The Kier molecular flexibility index (Phi) is 4.35. The molecule has 1 rings (SSSR count). The zero-order valence-corrected chi connectivity index (χ0v) is 9.71. The first-order valence-electron chi connectivity index (χ1n) is 5.57. The summed E-state index contributed by atoms with van der Waals surface area (Å²) < 4.78 is 0. The molecule has 1 aromatic rings. The molecule has 1 atom stereocenters. The number of anilines is 1. The lowest BCUT2D eigenvalue weighted by atomic mass is 10.1. The molecule has 2 heteroatoms. The molecule has 0 spiro atoms. The topological polar surface area (TPSA) is 29.1 Å². The van der Waals surface area contributed by atoms with Gasteiger partial charge in [0, 0.05) is 11.6 Å². The Morgan fingerprint density at radius 3 is 2.33 bits per heavy atom. The van der Waals surface area contributed by atoms with Gasteiger partial charge in [-0.3, -0.25) is 4.79 Å². The molecule has 0 unspecified atom stereocenters. The lowest BCUT2D eigenvalue weighted by Gasteiger charge is -2.10. The van der Waals surface area contributed by atoms with Gasteiger partial charge in [-0.25, -0.2) is 0 Å². The van der Waals surface area contributed by atoms with Gasteiger partial charge in [-0.05, 0) is 30.5 Å². The molecule has 15 heavy (non-hydrogen) atoms. The quantitative estimate of drug-likeness (QED) is 0.803. The number of benzene rings is 1. The highest BCUT2D eigenvalue weighted by atomic mass is 16.1. The minimum Gasteiger partial charge on any atom is -0.326 e. The molecule has 0 aromatic heterocycles. The molecule has 0 saturated heterocycles. The van der Waals surface area contributed by atoms with Crippen LogP contribution in [0.5, 0.6) is 0 Å². The van der Waals surface area contributed by atoms with E-state index in [1.54, 1.807) is 0 Å². The Morgan fingerprint density at radius 2 is 1.87 bits per heavy atom. The molecule has 0 radical (unpaired) electrons. The first-order chi connectivity index (χ1) is 7.17. The minimum absolute atomic E-state index is 0.0795. The second kappa shape index (κ2) is 5.54. The van der Waals surface area contributed by atoms with E-state index >= 15 is 0 Å². The van der Waals surface area contributed by atoms with Gasteiger partial charge >= 0.3 is 0 Å². The standard InChI is InChI=1S/C13H19NO/c1-4-10(3)13(15)14-12-8-6-11(5-2)7-9-12/h6-10H,4-5H2,1-3H3,(H,14,15)/t10-/m0/s1. The van der Waals surface area contributed by atoms with Crippen LogP contribution in [0.15, 0.2) is 24.3 Å². The van der Waals surface area contributed by atoms with E-state index in [2.05, 4.69) is 12.2 Å². The summed E-state index contributed by atoms with van der Waals surface area (Å²) in [7, 11) is 0. The Balaban J connectivity index is 2.61. The van der Waals surface area contributed by atoms with E-state index in [4.69, 9.17) is 0 Å². The van der Waals surface area contributed by atoms with Crippen LogP contribution in [0.25, 0.3) is 0 Å². The van der Waals surface area contributed by atoms with Gasteiger partial charge in [0.15, 0.2) is 0 Å². The molecule has 1 amide bonds. The summed E-state index contributed by atoms with van der Waals surface area (Å²) in [5.74, 6) is 0.178. The van der Waals surface area contributed by atoms with Crippen molar-refractivity contribution in [3.05, 3.63) is 29.8 Å². The van der Waals surface area contributed by atoms with Crippen molar-refractivity contribution in [3.8, 4) is 0 Å². The monoisotopic (exact) mass is 205 g/mol. The number of aryl methyl sites for hydroxylation is 1. The second-order valence-electron chi connectivity index (χ2n) is 3.85. The molecule has 0 heterocycles. The van der Waals surface area contributed by atoms with E-state index in [1.165, 1.54) is 5.56 Å². The SMILES string of the molecule is CCc1ccc(NC(=O)[C@@H](C)CC)cc1. The molecule has 1 aromatic carbocycles. The van der Waals surface area contributed by atoms with Crippen LogP contribution in [-0.4, -0.2) is 5.91 Å². The molecule has 1 N–H and O–H groups in total. The number of hydrogen-bond acceptors (Lipinski definition) is 1. The van der Waals surface area contributed by atoms with Gasteiger partial charge in [-0.2, -0.15) is 0 Å². The molecule has 2 nitrogen and oxygen atoms in total. The predicted molar refractivity (Wildman–Crippen MR) is 63.9 cm³/mol. The van der Waals surface area contributed by atoms with Crippen LogP contribution in [0, 0.1) is 5.92 Å². The highest BCUT2D eigenvalue weighted by molar-refractivity contribution is 5.92. The molecule has 0 bridgehead atoms. The van der Waals surface area contributed by atoms with Crippen LogP contribution < -0.4 is 5.32 Å². The van der Waals surface area contributed by atoms with Crippen LogP contribution in [0.2, 0.25) is 0 Å². The maximum atomic E-state index is 11.6. The second-order valence-corrected chi connectivity index (χ2v) is 3.85. The van der Waals surface area contributed by atoms with Crippen LogP contribution in [0.3, 0.4) is 0 Å². The Bertz CT molecular complexity index is 316. The minimum atomic E-state index is 0.0795. The average Bonchev–Trinajstić information content (AvgIpc) is 2.29. The van der Waals surface area contributed by atoms with Crippen molar-refractivity contribution in [2.45, 2.75) is 33.6 Å². The summed E-state index contributed by atoms with van der Waals surface area (Å²) in [5.41, 5.74) is 2.18. The van der Waals surface area contributed by atoms with Crippen molar-refractivity contribution >= 4 is 11.6 Å². The van der Waals surface area contributed by atoms with Gasteiger partial charge < -0.3 is 5.32 Å². The van der Waals surface area contributed by atoms with Gasteiger partial charge in [0.25, 0.3) is 0 Å². The van der Waals surface area contributed by atoms with E-state index in [0.29, 0.717) is 0 Å². The summed E-state index contributed by atoms with van der Waals surface area (Å²) >= 11 is 0. The number of nitrogens with one attached hydrogen (secondary N) is 1. The average molecular weight is 205 g/mol. The van der Waals surface area contributed by atoms with Crippen LogP contribution >= 0.6 is 0 Å². The highest BCUT2D eigenvalue weighted by Crippen LogP contribution is 2.12. The smallest absolute Gasteiger partial charge is 0.227 e. The normalized spacial score (nSPS) is 12.2. The molecule has 0 fully saturated rings. The summed E-state index contributed by atoms with van der Waals surface area (Å²) in [6.45, 7) is 6.08. The fourth-order valence-electron chi connectivity index (χ4n) is 1.27. The predicted octanol–water partition coefficient (Wildman–Crippen LogP) is 3.23. The zero-order chi connectivity index (χ0) is 11.3.